The highest BCUT2D eigenvalue weighted by Gasteiger charge is 2.20. The maximum atomic E-state index is 12.0. The molecule has 0 atom stereocenters. The zero-order valence-corrected chi connectivity index (χ0v) is 17.6. The summed E-state index contributed by atoms with van der Waals surface area (Å²) in [5, 5.41) is 2.64. The number of aromatic nitrogens is 3. The van der Waals surface area contributed by atoms with Crippen molar-refractivity contribution < 1.29 is 13.9 Å². The first-order valence-corrected chi connectivity index (χ1v) is 9.40. The normalized spacial score (nSPS) is 11.4. The fraction of sp³-hybridized carbons (Fsp3) is 0.333. The van der Waals surface area contributed by atoms with Gasteiger partial charge >= 0.3 is 6.09 Å². The molecule has 3 N–H and O–H groups in total. The Labute approximate surface area is 173 Å². The Hall–Kier alpha value is -3.62. The van der Waals surface area contributed by atoms with E-state index in [1.807, 2.05) is 13.0 Å². The van der Waals surface area contributed by atoms with Crippen LogP contribution in [0.5, 0.6) is 0 Å². The van der Waals surface area contributed by atoms with Crippen LogP contribution in [0.3, 0.4) is 0 Å². The standard InChI is InChI=1S/C21H25N5O4/c1-12-6-8-15(29-12)18-17(13-7-9-16(27)26(5)11-13)24-14(19(22)25-18)10-23-20(28)30-21(2,3)4/h6-9,11H,10H2,1-5H3,(H2,22,25)(H,23,28). The zero-order chi connectivity index (χ0) is 22.1. The Kier molecular flexibility index (Phi) is 5.64. The number of alkyl carbamates (subject to hydrolysis) is 1. The largest absolute Gasteiger partial charge is 0.460 e. The first-order chi connectivity index (χ1) is 14.0. The number of nitrogens with zero attached hydrogens (tertiary/aromatic N) is 3. The van der Waals surface area contributed by atoms with E-state index < -0.39 is 11.7 Å². The Morgan fingerprint density at radius 1 is 1.20 bits per heavy atom. The number of aryl methyl sites for hydroxylation is 2. The van der Waals surface area contributed by atoms with E-state index in [4.69, 9.17) is 14.9 Å². The van der Waals surface area contributed by atoms with Crippen molar-refractivity contribution >= 4 is 11.9 Å². The molecule has 30 heavy (non-hydrogen) atoms. The summed E-state index contributed by atoms with van der Waals surface area (Å²) in [7, 11) is 1.65. The number of hydrogen-bond donors (Lipinski definition) is 2. The van der Waals surface area contributed by atoms with Gasteiger partial charge in [-0.15, -0.1) is 0 Å². The molecule has 0 spiro atoms. The number of nitrogen functional groups attached to an aromatic ring is 1. The number of hydrogen-bond acceptors (Lipinski definition) is 7. The second-order valence-electron chi connectivity index (χ2n) is 7.89. The number of carbonyl (C=O) groups is 1. The molecule has 0 aliphatic rings. The Morgan fingerprint density at radius 3 is 2.53 bits per heavy atom. The van der Waals surface area contributed by atoms with E-state index in [2.05, 4.69) is 15.3 Å². The summed E-state index contributed by atoms with van der Waals surface area (Å²) in [5.41, 5.74) is 7.30. The summed E-state index contributed by atoms with van der Waals surface area (Å²) in [6.45, 7) is 7.19. The van der Waals surface area contributed by atoms with Gasteiger partial charge in [0.15, 0.2) is 5.76 Å². The van der Waals surface area contributed by atoms with Gasteiger partial charge in [-0.25, -0.2) is 14.8 Å². The van der Waals surface area contributed by atoms with Crippen LogP contribution in [0.2, 0.25) is 0 Å². The molecule has 0 aromatic carbocycles. The number of carbonyl (C=O) groups excluding carboxylic acids is 1. The van der Waals surface area contributed by atoms with Crippen LogP contribution in [0.15, 0.2) is 39.7 Å². The quantitative estimate of drug-likeness (QED) is 0.676. The van der Waals surface area contributed by atoms with Crippen LogP contribution in [0, 0.1) is 6.92 Å². The van der Waals surface area contributed by atoms with Gasteiger partial charge in [0.2, 0.25) is 5.56 Å². The molecule has 0 unspecified atom stereocenters. The summed E-state index contributed by atoms with van der Waals surface area (Å²) in [6.07, 6.45) is 1.07. The lowest BCUT2D eigenvalue weighted by atomic mass is 10.1. The van der Waals surface area contributed by atoms with Crippen molar-refractivity contribution in [3.05, 3.63) is 52.3 Å². The van der Waals surface area contributed by atoms with Crippen molar-refractivity contribution in [1.82, 2.24) is 19.9 Å². The molecule has 1 amide bonds. The minimum atomic E-state index is -0.623. The van der Waals surface area contributed by atoms with Gasteiger partial charge in [-0.2, -0.15) is 0 Å². The lowest BCUT2D eigenvalue weighted by molar-refractivity contribution is 0.0523. The summed E-state index contributed by atoms with van der Waals surface area (Å²) < 4.78 is 12.4. The smallest absolute Gasteiger partial charge is 0.407 e. The molecular formula is C21H25N5O4. The van der Waals surface area contributed by atoms with Crippen molar-refractivity contribution in [1.29, 1.82) is 0 Å². The van der Waals surface area contributed by atoms with E-state index in [0.717, 1.165) is 0 Å². The predicted octanol–water partition coefficient (Wildman–Crippen LogP) is 3.02. The molecule has 3 aromatic heterocycles. The van der Waals surface area contributed by atoms with Gasteiger partial charge in [-0.3, -0.25) is 4.79 Å². The van der Waals surface area contributed by atoms with Crippen LogP contribution >= 0.6 is 0 Å². The summed E-state index contributed by atoms with van der Waals surface area (Å²) in [5.74, 6) is 1.37. The fourth-order valence-electron chi connectivity index (χ4n) is 2.75. The number of furan rings is 1. The van der Waals surface area contributed by atoms with Crippen molar-refractivity contribution in [3.8, 4) is 22.7 Å². The van der Waals surface area contributed by atoms with E-state index in [0.29, 0.717) is 34.2 Å². The number of nitrogens with one attached hydrogen (secondary N) is 1. The van der Waals surface area contributed by atoms with Crippen LogP contribution in [0.1, 0.15) is 32.2 Å². The number of rotatable bonds is 4. The maximum Gasteiger partial charge on any atom is 0.407 e. The summed E-state index contributed by atoms with van der Waals surface area (Å²) in [4.78, 5) is 32.9. The topological polar surface area (TPSA) is 125 Å². The number of nitrogens with two attached hydrogens (primary N) is 1. The van der Waals surface area contributed by atoms with E-state index in [1.165, 1.54) is 10.6 Å². The molecule has 0 radical (unpaired) electrons. The van der Waals surface area contributed by atoms with Crippen LogP contribution in [0.25, 0.3) is 22.7 Å². The highest BCUT2D eigenvalue weighted by atomic mass is 16.6. The molecule has 0 saturated heterocycles. The number of pyridine rings is 1. The van der Waals surface area contributed by atoms with E-state index in [9.17, 15) is 9.59 Å². The minimum absolute atomic E-state index is 0.0317. The van der Waals surface area contributed by atoms with Gasteiger partial charge in [-0.05, 0) is 45.9 Å². The second-order valence-corrected chi connectivity index (χ2v) is 7.89. The van der Waals surface area contributed by atoms with E-state index >= 15 is 0 Å². The van der Waals surface area contributed by atoms with Gasteiger partial charge in [-0.1, -0.05) is 0 Å². The van der Waals surface area contributed by atoms with Crippen molar-refractivity contribution in [2.24, 2.45) is 7.05 Å². The highest BCUT2D eigenvalue weighted by Crippen LogP contribution is 2.31. The molecule has 158 valence electrons. The fourth-order valence-corrected chi connectivity index (χ4v) is 2.75. The third-order valence-corrected chi connectivity index (χ3v) is 4.13. The molecule has 0 fully saturated rings. The first-order valence-electron chi connectivity index (χ1n) is 9.40. The highest BCUT2D eigenvalue weighted by molar-refractivity contribution is 5.76. The lowest BCUT2D eigenvalue weighted by Crippen LogP contribution is -2.32. The first kappa shape index (κ1) is 21.1. The Morgan fingerprint density at radius 2 is 1.93 bits per heavy atom. The molecule has 0 saturated carbocycles. The third-order valence-electron chi connectivity index (χ3n) is 4.13. The third kappa shape index (κ3) is 4.86. The Balaban J connectivity index is 2.03. The molecule has 0 aliphatic carbocycles. The number of anilines is 1. The minimum Gasteiger partial charge on any atom is -0.460 e. The molecule has 9 nitrogen and oxygen atoms in total. The molecule has 0 bridgehead atoms. The Bertz CT molecular complexity index is 1140. The molecule has 3 aromatic rings. The molecule has 0 aliphatic heterocycles. The van der Waals surface area contributed by atoms with Gasteiger partial charge in [0.25, 0.3) is 0 Å². The monoisotopic (exact) mass is 411 g/mol. The van der Waals surface area contributed by atoms with Crippen molar-refractivity contribution in [3.63, 3.8) is 0 Å². The molecular weight excluding hydrogens is 386 g/mol. The average Bonchev–Trinajstić information content (AvgIpc) is 3.07. The lowest BCUT2D eigenvalue weighted by Gasteiger charge is -2.20. The van der Waals surface area contributed by atoms with Crippen LogP contribution in [-0.2, 0) is 18.3 Å². The summed E-state index contributed by atoms with van der Waals surface area (Å²) in [6, 6.07) is 6.70. The molecule has 3 heterocycles. The van der Waals surface area contributed by atoms with Crippen LogP contribution < -0.4 is 16.6 Å². The van der Waals surface area contributed by atoms with E-state index in [1.54, 1.807) is 46.1 Å². The van der Waals surface area contributed by atoms with E-state index in [-0.39, 0.29) is 17.9 Å². The van der Waals surface area contributed by atoms with Gasteiger partial charge in [0.05, 0.1) is 6.54 Å². The summed E-state index contributed by atoms with van der Waals surface area (Å²) >= 11 is 0. The zero-order valence-electron chi connectivity index (χ0n) is 17.6. The van der Waals surface area contributed by atoms with Gasteiger partial charge < -0.3 is 24.8 Å². The van der Waals surface area contributed by atoms with Crippen molar-refractivity contribution in [2.75, 3.05) is 5.73 Å². The van der Waals surface area contributed by atoms with Gasteiger partial charge in [0, 0.05) is 24.9 Å². The predicted molar refractivity (Wildman–Crippen MR) is 113 cm³/mol. The maximum absolute atomic E-state index is 12.0. The molecule has 9 heteroatoms. The van der Waals surface area contributed by atoms with Gasteiger partial charge in [0.1, 0.15) is 34.3 Å². The number of ether oxygens (including phenoxy) is 1. The van der Waals surface area contributed by atoms with Crippen LogP contribution in [0.4, 0.5) is 10.6 Å². The SMILES string of the molecule is Cc1ccc(-c2nc(N)c(CNC(=O)OC(C)(C)C)nc2-c2ccc(=O)n(C)c2)o1. The van der Waals surface area contributed by atoms with Crippen LogP contribution in [-0.4, -0.2) is 26.2 Å². The number of amides is 1. The second kappa shape index (κ2) is 8.02. The molecule has 3 rings (SSSR count). The van der Waals surface area contributed by atoms with Crippen molar-refractivity contribution in [2.45, 2.75) is 39.8 Å². The average molecular weight is 411 g/mol.